The highest BCUT2D eigenvalue weighted by Crippen LogP contribution is 2.33. The summed E-state index contributed by atoms with van der Waals surface area (Å²) in [4.78, 5) is 4.21. The Balaban J connectivity index is 2.14. The first-order chi connectivity index (χ1) is 11.4. The number of halogens is 4. The number of alkyl halides is 2. The van der Waals surface area contributed by atoms with Gasteiger partial charge in [0.1, 0.15) is 23.3 Å². The molecule has 0 amide bonds. The van der Waals surface area contributed by atoms with E-state index in [0.717, 1.165) is 0 Å². The van der Waals surface area contributed by atoms with Crippen LogP contribution in [0.15, 0.2) is 41.0 Å². The van der Waals surface area contributed by atoms with Crippen LogP contribution in [0.2, 0.25) is 0 Å². The molecule has 1 unspecified atom stereocenters. The Bertz CT molecular complexity index is 898. The molecule has 2 aromatic heterocycles. The quantitative estimate of drug-likeness (QED) is 0.712. The number of aryl methyl sites for hydroxylation is 1. The molecular weight excluding hydrogens is 389 g/mol. The van der Waals surface area contributed by atoms with Crippen LogP contribution in [0, 0.1) is 12.7 Å². The summed E-state index contributed by atoms with van der Waals surface area (Å²) < 4.78 is 45.0. The lowest BCUT2D eigenvalue weighted by Crippen LogP contribution is -2.10. The van der Waals surface area contributed by atoms with Crippen molar-refractivity contribution in [3.63, 3.8) is 0 Å². The number of benzene rings is 1. The minimum atomic E-state index is -3.01. The van der Waals surface area contributed by atoms with Crippen molar-refractivity contribution in [2.24, 2.45) is 0 Å². The molecule has 0 aliphatic heterocycles. The average Bonchev–Trinajstić information content (AvgIpc) is 2.82. The van der Waals surface area contributed by atoms with Gasteiger partial charge in [0.2, 0.25) is 0 Å². The van der Waals surface area contributed by atoms with Crippen LogP contribution in [-0.2, 0) is 0 Å². The number of pyridine rings is 1. The fourth-order valence-electron chi connectivity index (χ4n) is 2.56. The van der Waals surface area contributed by atoms with E-state index in [1.165, 1.54) is 34.9 Å². The molecule has 0 radical (unpaired) electrons. The highest BCUT2D eigenvalue weighted by molar-refractivity contribution is 9.10. The van der Waals surface area contributed by atoms with E-state index in [4.69, 9.17) is 0 Å². The zero-order valence-electron chi connectivity index (χ0n) is 12.4. The van der Waals surface area contributed by atoms with Crippen molar-refractivity contribution >= 4 is 21.6 Å². The monoisotopic (exact) mass is 400 g/mol. The Morgan fingerprint density at radius 3 is 2.71 bits per heavy atom. The van der Waals surface area contributed by atoms with E-state index in [2.05, 4.69) is 25.7 Å². The number of aliphatic hydroxyl groups is 1. The Labute approximate surface area is 143 Å². The number of aromatic nitrogens is 2. The van der Waals surface area contributed by atoms with Crippen LogP contribution in [0.25, 0.3) is 5.65 Å². The molecular formula is C16H12BrF3N2O2. The molecule has 126 valence electrons. The minimum absolute atomic E-state index is 0.129. The summed E-state index contributed by atoms with van der Waals surface area (Å²) in [5.41, 5.74) is 1.26. The molecule has 1 atom stereocenters. The van der Waals surface area contributed by atoms with Crippen LogP contribution < -0.4 is 4.74 Å². The van der Waals surface area contributed by atoms with E-state index in [1.807, 2.05) is 0 Å². The third-order valence-corrected chi connectivity index (χ3v) is 4.16. The third kappa shape index (κ3) is 2.99. The maximum atomic E-state index is 13.7. The van der Waals surface area contributed by atoms with Crippen molar-refractivity contribution in [1.82, 2.24) is 9.38 Å². The molecule has 3 rings (SSSR count). The molecule has 0 aliphatic carbocycles. The van der Waals surface area contributed by atoms with Crippen molar-refractivity contribution < 1.29 is 23.0 Å². The largest absolute Gasteiger partial charge is 0.434 e. The molecule has 3 aromatic rings. The van der Waals surface area contributed by atoms with Gasteiger partial charge in [-0.3, -0.25) is 4.40 Å². The predicted octanol–water partition coefficient (Wildman–Crippen LogP) is 4.23. The topological polar surface area (TPSA) is 46.8 Å². The molecule has 8 heteroatoms. The lowest BCUT2D eigenvalue weighted by atomic mass is 10.0. The summed E-state index contributed by atoms with van der Waals surface area (Å²) in [5.74, 6) is -0.620. The first kappa shape index (κ1) is 16.8. The normalized spacial score (nSPS) is 12.8. The molecule has 0 saturated carbocycles. The van der Waals surface area contributed by atoms with E-state index >= 15 is 0 Å². The van der Waals surface area contributed by atoms with Crippen LogP contribution in [0.1, 0.15) is 23.1 Å². The summed E-state index contributed by atoms with van der Waals surface area (Å²) in [6.07, 6.45) is 0.159. The van der Waals surface area contributed by atoms with Gasteiger partial charge in [-0.05, 0) is 28.9 Å². The Morgan fingerprint density at radius 2 is 2.00 bits per heavy atom. The Kier molecular flexibility index (Phi) is 4.51. The lowest BCUT2D eigenvalue weighted by Gasteiger charge is -2.16. The van der Waals surface area contributed by atoms with Gasteiger partial charge in [0.05, 0.1) is 15.9 Å². The van der Waals surface area contributed by atoms with Gasteiger partial charge in [-0.15, -0.1) is 0 Å². The lowest BCUT2D eigenvalue weighted by molar-refractivity contribution is -0.0513. The van der Waals surface area contributed by atoms with E-state index in [-0.39, 0.29) is 15.8 Å². The van der Waals surface area contributed by atoms with E-state index < -0.39 is 18.5 Å². The zero-order chi connectivity index (χ0) is 17.4. The van der Waals surface area contributed by atoms with Gasteiger partial charge in [-0.2, -0.15) is 8.78 Å². The molecule has 0 bridgehead atoms. The SMILES string of the molecule is Cc1nc2cc(F)c(Br)cn2c1C(O)c1ccccc1OC(F)F. The second-order valence-corrected chi connectivity index (χ2v) is 5.95. The standard InChI is InChI=1S/C16H12BrF3N2O2/c1-8-14(22-7-10(17)11(18)6-13(22)21-8)15(23)9-4-2-3-5-12(9)24-16(19)20/h2-7,15-16,23H,1H3. The molecule has 0 aliphatic rings. The van der Waals surface area contributed by atoms with Crippen LogP contribution in [0.5, 0.6) is 5.75 Å². The molecule has 4 nitrogen and oxygen atoms in total. The first-order valence-corrected chi connectivity index (χ1v) is 7.73. The average molecular weight is 401 g/mol. The van der Waals surface area contributed by atoms with Crippen LogP contribution in [0.3, 0.4) is 0 Å². The molecule has 2 heterocycles. The second kappa shape index (κ2) is 6.45. The van der Waals surface area contributed by atoms with Gasteiger partial charge in [0.15, 0.2) is 0 Å². The van der Waals surface area contributed by atoms with E-state index in [9.17, 15) is 18.3 Å². The highest BCUT2D eigenvalue weighted by atomic mass is 79.9. The van der Waals surface area contributed by atoms with Crippen LogP contribution in [-0.4, -0.2) is 21.1 Å². The number of nitrogens with zero attached hydrogens (tertiary/aromatic N) is 2. The summed E-state index contributed by atoms with van der Waals surface area (Å²) in [6.45, 7) is -1.36. The minimum Gasteiger partial charge on any atom is -0.434 e. The van der Waals surface area contributed by atoms with Gasteiger partial charge >= 0.3 is 6.61 Å². The Hall–Kier alpha value is -2.06. The number of para-hydroxylation sites is 1. The smallest absolute Gasteiger partial charge is 0.387 e. The summed E-state index contributed by atoms with van der Waals surface area (Å²) in [5, 5.41) is 10.7. The zero-order valence-corrected chi connectivity index (χ0v) is 14.0. The first-order valence-electron chi connectivity index (χ1n) is 6.94. The number of rotatable bonds is 4. The van der Waals surface area contributed by atoms with Gasteiger partial charge in [-0.1, -0.05) is 18.2 Å². The predicted molar refractivity (Wildman–Crippen MR) is 84.7 cm³/mol. The Morgan fingerprint density at radius 1 is 1.29 bits per heavy atom. The van der Waals surface area contributed by atoms with Crippen LogP contribution >= 0.6 is 15.9 Å². The summed E-state index contributed by atoms with van der Waals surface area (Å²) in [6, 6.07) is 7.18. The highest BCUT2D eigenvalue weighted by Gasteiger charge is 2.23. The molecule has 1 aromatic carbocycles. The third-order valence-electron chi connectivity index (χ3n) is 3.57. The number of hydrogen-bond acceptors (Lipinski definition) is 3. The molecule has 0 fully saturated rings. The summed E-state index contributed by atoms with van der Waals surface area (Å²) >= 11 is 3.08. The fraction of sp³-hybridized carbons (Fsp3) is 0.188. The van der Waals surface area contributed by atoms with Crippen molar-refractivity contribution in [3.8, 4) is 5.75 Å². The second-order valence-electron chi connectivity index (χ2n) is 5.10. The number of imidazole rings is 1. The number of hydrogen-bond donors (Lipinski definition) is 1. The maximum absolute atomic E-state index is 13.7. The van der Waals surface area contributed by atoms with Gasteiger partial charge in [0, 0.05) is 17.8 Å². The van der Waals surface area contributed by atoms with Gasteiger partial charge < -0.3 is 9.84 Å². The van der Waals surface area contributed by atoms with E-state index in [1.54, 1.807) is 13.0 Å². The summed E-state index contributed by atoms with van der Waals surface area (Å²) in [7, 11) is 0. The number of aliphatic hydroxyl groups excluding tert-OH is 1. The van der Waals surface area contributed by atoms with E-state index in [0.29, 0.717) is 17.0 Å². The van der Waals surface area contributed by atoms with Crippen molar-refractivity contribution in [1.29, 1.82) is 0 Å². The van der Waals surface area contributed by atoms with Gasteiger partial charge in [-0.25, -0.2) is 9.37 Å². The van der Waals surface area contributed by atoms with Gasteiger partial charge in [0.25, 0.3) is 0 Å². The number of fused-ring (bicyclic) bond motifs is 1. The van der Waals surface area contributed by atoms with Crippen molar-refractivity contribution in [2.45, 2.75) is 19.6 Å². The molecule has 1 N–H and O–H groups in total. The molecule has 24 heavy (non-hydrogen) atoms. The number of ether oxygens (including phenoxy) is 1. The molecule has 0 spiro atoms. The maximum Gasteiger partial charge on any atom is 0.387 e. The van der Waals surface area contributed by atoms with Crippen molar-refractivity contribution in [3.05, 3.63) is 63.8 Å². The molecule has 0 saturated heterocycles. The van der Waals surface area contributed by atoms with Crippen LogP contribution in [0.4, 0.5) is 13.2 Å². The fourth-order valence-corrected chi connectivity index (χ4v) is 2.88. The van der Waals surface area contributed by atoms with Crippen molar-refractivity contribution in [2.75, 3.05) is 0 Å².